The second-order valence-corrected chi connectivity index (χ2v) is 9.76. The number of nitrogens with one attached hydrogen (secondary N) is 1. The minimum Gasteiger partial charge on any atom is -0.378 e. The molecule has 0 unspecified atom stereocenters. The molecule has 5 nitrogen and oxygen atoms in total. The average molecular weight is 488 g/mol. The van der Waals surface area contributed by atoms with Crippen molar-refractivity contribution in [2.45, 2.75) is 50.6 Å². The molecule has 3 aromatic rings. The number of benzene rings is 3. The van der Waals surface area contributed by atoms with Gasteiger partial charge in [-0.3, -0.25) is 9.59 Å². The van der Waals surface area contributed by atoms with E-state index in [1.165, 1.54) is 12.1 Å². The third kappa shape index (κ3) is 5.93. The molecule has 1 aliphatic carbocycles. The van der Waals surface area contributed by atoms with Crippen molar-refractivity contribution in [2.24, 2.45) is 0 Å². The third-order valence-corrected chi connectivity index (χ3v) is 7.01. The molecule has 0 spiro atoms. The second-order valence-electron chi connectivity index (χ2n) is 9.76. The fraction of sp³-hybridized carbons (Fsp3) is 0.333. The number of halogens is 1. The molecule has 6 heteroatoms. The summed E-state index contributed by atoms with van der Waals surface area (Å²) in [7, 11) is 3.94. The molecule has 188 valence electrons. The van der Waals surface area contributed by atoms with Gasteiger partial charge in [0, 0.05) is 32.0 Å². The van der Waals surface area contributed by atoms with Crippen molar-refractivity contribution in [2.75, 3.05) is 24.3 Å². The van der Waals surface area contributed by atoms with Crippen molar-refractivity contribution >= 4 is 23.2 Å². The van der Waals surface area contributed by atoms with Gasteiger partial charge in [0.25, 0.3) is 0 Å². The Morgan fingerprint density at radius 1 is 0.833 bits per heavy atom. The smallest absolute Gasteiger partial charge is 0.250 e. The summed E-state index contributed by atoms with van der Waals surface area (Å²) in [5.74, 6) is -0.596. The van der Waals surface area contributed by atoms with Crippen molar-refractivity contribution in [1.29, 1.82) is 0 Å². The molecule has 1 fully saturated rings. The van der Waals surface area contributed by atoms with Crippen LogP contribution in [-0.4, -0.2) is 36.3 Å². The zero-order valence-electron chi connectivity index (χ0n) is 21.0. The van der Waals surface area contributed by atoms with Crippen molar-refractivity contribution in [1.82, 2.24) is 4.90 Å². The molecule has 0 heterocycles. The van der Waals surface area contributed by atoms with E-state index in [0.29, 0.717) is 18.5 Å². The Balaban J connectivity index is 1.67. The number of carbonyl (C=O) groups is 2. The van der Waals surface area contributed by atoms with Gasteiger partial charge in [-0.25, -0.2) is 4.39 Å². The number of rotatable bonds is 8. The maximum absolute atomic E-state index is 14.0. The quantitative estimate of drug-likeness (QED) is 0.437. The summed E-state index contributed by atoms with van der Waals surface area (Å²) in [6.07, 6.45) is 4.15. The van der Waals surface area contributed by atoms with Crippen LogP contribution in [0.5, 0.6) is 0 Å². The first kappa shape index (κ1) is 25.4. The Bertz CT molecular complexity index is 1160. The van der Waals surface area contributed by atoms with Crippen LogP contribution >= 0.6 is 0 Å². The van der Waals surface area contributed by atoms with E-state index in [9.17, 15) is 14.0 Å². The van der Waals surface area contributed by atoms with Crippen molar-refractivity contribution in [3.63, 3.8) is 0 Å². The number of nitrogens with zero attached hydrogens (tertiary/aromatic N) is 2. The summed E-state index contributed by atoms with van der Waals surface area (Å²) in [5, 5.41) is 3.10. The van der Waals surface area contributed by atoms with Crippen LogP contribution in [0.2, 0.25) is 0 Å². The van der Waals surface area contributed by atoms with E-state index in [-0.39, 0.29) is 30.6 Å². The van der Waals surface area contributed by atoms with Gasteiger partial charge in [0.15, 0.2) is 0 Å². The Morgan fingerprint density at radius 2 is 1.47 bits per heavy atom. The maximum Gasteiger partial charge on any atom is 0.250 e. The first-order chi connectivity index (χ1) is 17.4. The fourth-order valence-electron chi connectivity index (χ4n) is 4.96. The highest BCUT2D eigenvalue weighted by Gasteiger charge is 2.46. The number of hydrogen-bond acceptors (Lipinski definition) is 3. The zero-order valence-corrected chi connectivity index (χ0v) is 21.0. The van der Waals surface area contributed by atoms with Crippen LogP contribution in [-0.2, 0) is 22.6 Å². The molecule has 0 aliphatic heterocycles. The van der Waals surface area contributed by atoms with Crippen molar-refractivity contribution in [3.05, 3.63) is 95.8 Å². The van der Waals surface area contributed by atoms with Crippen LogP contribution < -0.4 is 10.2 Å². The number of amides is 2. The Kier molecular flexibility index (Phi) is 8.04. The largest absolute Gasteiger partial charge is 0.378 e. The van der Waals surface area contributed by atoms with E-state index >= 15 is 0 Å². The molecule has 4 rings (SSSR count). The minimum atomic E-state index is -0.973. The molecule has 0 aromatic heterocycles. The van der Waals surface area contributed by atoms with Gasteiger partial charge in [-0.2, -0.15) is 0 Å². The van der Waals surface area contributed by atoms with Gasteiger partial charge in [-0.1, -0.05) is 61.7 Å². The van der Waals surface area contributed by atoms with Crippen LogP contribution in [0.1, 0.15) is 43.2 Å². The molecule has 1 aliphatic rings. The number of carbonyl (C=O) groups excluding carboxylic acids is 2. The molecule has 0 atom stereocenters. The molecule has 1 saturated carbocycles. The highest BCUT2D eigenvalue weighted by atomic mass is 19.1. The first-order valence-electron chi connectivity index (χ1n) is 12.5. The van der Waals surface area contributed by atoms with Gasteiger partial charge in [0.1, 0.15) is 11.4 Å². The lowest BCUT2D eigenvalue weighted by Gasteiger charge is -2.45. The fourth-order valence-corrected chi connectivity index (χ4v) is 4.96. The lowest BCUT2D eigenvalue weighted by molar-refractivity contribution is -0.148. The van der Waals surface area contributed by atoms with Crippen LogP contribution in [0, 0.1) is 5.82 Å². The van der Waals surface area contributed by atoms with Gasteiger partial charge in [0.2, 0.25) is 11.8 Å². The standard InChI is InChI=1S/C30H34FN3O2/c1-33(2)27-17-15-26(16-18-27)32-29(36)30(19-7-4-8-20-30)34(22-24-11-13-25(31)14-12-24)28(35)21-23-9-5-3-6-10-23/h3,5-6,9-18H,4,7-8,19-22H2,1-2H3,(H,32,36). The van der Waals surface area contributed by atoms with E-state index in [0.717, 1.165) is 36.1 Å². The molecule has 2 amide bonds. The third-order valence-electron chi connectivity index (χ3n) is 7.01. The Morgan fingerprint density at radius 3 is 2.08 bits per heavy atom. The summed E-state index contributed by atoms with van der Waals surface area (Å²) in [4.78, 5) is 31.6. The van der Waals surface area contributed by atoms with Crippen LogP contribution in [0.25, 0.3) is 0 Å². The van der Waals surface area contributed by atoms with Gasteiger partial charge in [-0.15, -0.1) is 0 Å². The van der Waals surface area contributed by atoms with E-state index in [4.69, 9.17) is 0 Å². The molecule has 36 heavy (non-hydrogen) atoms. The first-order valence-corrected chi connectivity index (χ1v) is 12.5. The van der Waals surface area contributed by atoms with E-state index < -0.39 is 5.54 Å². The van der Waals surface area contributed by atoms with Gasteiger partial charge >= 0.3 is 0 Å². The van der Waals surface area contributed by atoms with Crippen molar-refractivity contribution < 1.29 is 14.0 Å². The molecular weight excluding hydrogens is 453 g/mol. The lowest BCUT2D eigenvalue weighted by Crippen LogP contribution is -2.60. The maximum atomic E-state index is 14.0. The van der Waals surface area contributed by atoms with Crippen LogP contribution in [0.4, 0.5) is 15.8 Å². The number of anilines is 2. The van der Waals surface area contributed by atoms with Crippen molar-refractivity contribution in [3.8, 4) is 0 Å². The molecular formula is C30H34FN3O2. The molecule has 0 bridgehead atoms. The second kappa shape index (κ2) is 11.4. The normalized spacial score (nSPS) is 14.6. The Hall–Kier alpha value is -3.67. The van der Waals surface area contributed by atoms with Gasteiger partial charge in [-0.05, 0) is 60.4 Å². The van der Waals surface area contributed by atoms with Crippen LogP contribution in [0.15, 0.2) is 78.9 Å². The molecule has 0 radical (unpaired) electrons. The highest BCUT2D eigenvalue weighted by Crippen LogP contribution is 2.37. The summed E-state index contributed by atoms with van der Waals surface area (Å²) in [6, 6.07) is 23.5. The van der Waals surface area contributed by atoms with E-state index in [1.807, 2.05) is 73.6 Å². The summed E-state index contributed by atoms with van der Waals surface area (Å²) < 4.78 is 13.6. The van der Waals surface area contributed by atoms with Gasteiger partial charge in [0.05, 0.1) is 6.42 Å². The van der Waals surface area contributed by atoms with E-state index in [1.54, 1.807) is 17.0 Å². The summed E-state index contributed by atoms with van der Waals surface area (Å²) in [5.41, 5.74) is 2.46. The average Bonchev–Trinajstić information content (AvgIpc) is 2.89. The van der Waals surface area contributed by atoms with Gasteiger partial charge < -0.3 is 15.1 Å². The monoisotopic (exact) mass is 487 g/mol. The summed E-state index contributed by atoms with van der Waals surface area (Å²) in [6.45, 7) is 0.249. The minimum absolute atomic E-state index is 0.106. The Labute approximate surface area is 212 Å². The molecule has 3 aromatic carbocycles. The zero-order chi connectivity index (χ0) is 25.5. The SMILES string of the molecule is CN(C)c1ccc(NC(=O)C2(N(Cc3ccc(F)cc3)C(=O)Cc3ccccc3)CCCCC2)cc1. The predicted octanol–water partition coefficient (Wildman–Crippen LogP) is 5.80. The molecule has 1 N–H and O–H groups in total. The topological polar surface area (TPSA) is 52.7 Å². The number of hydrogen-bond donors (Lipinski definition) is 1. The van der Waals surface area contributed by atoms with E-state index in [2.05, 4.69) is 5.32 Å². The predicted molar refractivity (Wildman–Crippen MR) is 142 cm³/mol. The summed E-state index contributed by atoms with van der Waals surface area (Å²) >= 11 is 0. The van der Waals surface area contributed by atoms with Crippen LogP contribution in [0.3, 0.4) is 0 Å². The molecule has 0 saturated heterocycles. The lowest BCUT2D eigenvalue weighted by atomic mass is 9.78. The highest BCUT2D eigenvalue weighted by molar-refractivity contribution is 6.01.